The number of hydrogen-bond donors (Lipinski definition) is 0. The molecule has 18 heavy (non-hydrogen) atoms. The van der Waals surface area contributed by atoms with Gasteiger partial charge in [-0.05, 0) is 12.1 Å². The van der Waals surface area contributed by atoms with E-state index in [1.165, 1.54) is 0 Å². The van der Waals surface area contributed by atoms with Crippen molar-refractivity contribution in [2.45, 2.75) is 6.18 Å². The molecule has 96 valence electrons. The molecule has 0 amide bonds. The van der Waals surface area contributed by atoms with E-state index >= 15 is 0 Å². The fourth-order valence-corrected chi connectivity index (χ4v) is 1.53. The molecule has 0 fully saturated rings. The number of nitrogens with zero attached hydrogens (tertiary/aromatic N) is 1. The standard InChI is InChI=1S/C12H10F3NO2/c1-16(2)7-3-4-8-9(12(13,14)15)6-11(17)18-10(8)5-7/h3-6H,1-2H3/i1D3,2D3. The van der Waals surface area contributed by atoms with E-state index in [-0.39, 0.29) is 11.0 Å². The van der Waals surface area contributed by atoms with Gasteiger partial charge in [0, 0.05) is 45.4 Å². The van der Waals surface area contributed by atoms with Crippen LogP contribution in [0.2, 0.25) is 0 Å². The Morgan fingerprint density at radius 2 is 2.00 bits per heavy atom. The lowest BCUT2D eigenvalue weighted by atomic mass is 10.1. The van der Waals surface area contributed by atoms with Crippen LogP contribution in [-0.4, -0.2) is 14.0 Å². The summed E-state index contributed by atoms with van der Waals surface area (Å²) in [7, 11) is 0. The first-order valence-corrected chi connectivity index (χ1v) is 4.67. The van der Waals surface area contributed by atoms with Crippen molar-refractivity contribution >= 4 is 16.7 Å². The van der Waals surface area contributed by atoms with Crippen LogP contribution in [0, 0.1) is 0 Å². The largest absolute Gasteiger partial charge is 0.423 e. The van der Waals surface area contributed by atoms with E-state index in [0.29, 0.717) is 0 Å². The van der Waals surface area contributed by atoms with E-state index < -0.39 is 48.0 Å². The van der Waals surface area contributed by atoms with E-state index in [9.17, 15) is 18.0 Å². The molecule has 0 saturated heterocycles. The van der Waals surface area contributed by atoms with Crippen LogP contribution in [0.5, 0.6) is 0 Å². The predicted octanol–water partition coefficient (Wildman–Crippen LogP) is 2.88. The Balaban J connectivity index is 2.75. The monoisotopic (exact) mass is 263 g/mol. The molecule has 0 bridgehead atoms. The molecule has 0 aliphatic carbocycles. The summed E-state index contributed by atoms with van der Waals surface area (Å²) in [6, 6.07) is 2.83. The van der Waals surface area contributed by atoms with Gasteiger partial charge in [0.15, 0.2) is 0 Å². The first-order chi connectivity index (χ1) is 10.7. The zero-order valence-electron chi connectivity index (χ0n) is 14.7. The average molecular weight is 263 g/mol. The van der Waals surface area contributed by atoms with Gasteiger partial charge < -0.3 is 9.32 Å². The van der Waals surface area contributed by atoms with Crippen molar-refractivity contribution < 1.29 is 25.8 Å². The number of fused-ring (bicyclic) bond motifs is 1. The minimum atomic E-state index is -4.83. The molecule has 0 aliphatic heterocycles. The zero-order chi connectivity index (χ0) is 18.5. The molecule has 3 nitrogen and oxygen atoms in total. The number of rotatable bonds is 1. The number of halogens is 3. The van der Waals surface area contributed by atoms with Crippen molar-refractivity contribution in [2.75, 3.05) is 18.9 Å². The Morgan fingerprint density at radius 3 is 2.61 bits per heavy atom. The Hall–Kier alpha value is -1.98. The third-order valence-electron chi connectivity index (χ3n) is 2.29. The highest BCUT2D eigenvalue weighted by Crippen LogP contribution is 2.34. The molecule has 1 aromatic carbocycles. The topological polar surface area (TPSA) is 33.5 Å². The zero-order valence-corrected chi connectivity index (χ0v) is 8.71. The van der Waals surface area contributed by atoms with Crippen LogP contribution in [0.4, 0.5) is 18.9 Å². The second kappa shape index (κ2) is 4.04. The normalized spacial score (nSPS) is 18.2. The Morgan fingerprint density at radius 1 is 1.28 bits per heavy atom. The van der Waals surface area contributed by atoms with Crippen molar-refractivity contribution in [1.29, 1.82) is 0 Å². The maximum absolute atomic E-state index is 13.0. The maximum Gasteiger partial charge on any atom is 0.417 e. The van der Waals surface area contributed by atoms with Crippen LogP contribution in [0.1, 0.15) is 13.8 Å². The quantitative estimate of drug-likeness (QED) is 0.742. The van der Waals surface area contributed by atoms with Crippen LogP contribution < -0.4 is 10.5 Å². The highest BCUT2D eigenvalue weighted by atomic mass is 19.4. The number of hydrogen-bond acceptors (Lipinski definition) is 3. The molecule has 0 aliphatic rings. The van der Waals surface area contributed by atoms with E-state index in [0.717, 1.165) is 18.2 Å². The summed E-state index contributed by atoms with van der Waals surface area (Å²) in [4.78, 5) is 11.4. The lowest BCUT2D eigenvalue weighted by Crippen LogP contribution is -2.12. The molecule has 0 unspecified atom stereocenters. The van der Waals surface area contributed by atoms with Gasteiger partial charge in [0.2, 0.25) is 0 Å². The first kappa shape index (κ1) is 6.82. The van der Waals surface area contributed by atoms with Crippen LogP contribution >= 0.6 is 0 Å². The van der Waals surface area contributed by atoms with Crippen LogP contribution in [-0.2, 0) is 6.18 Å². The molecular formula is C12H10F3NO2. The Labute approximate surface area is 109 Å². The van der Waals surface area contributed by atoms with Crippen molar-refractivity contribution in [3.63, 3.8) is 0 Å². The average Bonchev–Trinajstić information content (AvgIpc) is 2.32. The van der Waals surface area contributed by atoms with Crippen LogP contribution in [0.3, 0.4) is 0 Å². The molecule has 2 rings (SSSR count). The third kappa shape index (κ3) is 2.18. The summed E-state index contributed by atoms with van der Waals surface area (Å²) in [5.74, 6) is 0. The van der Waals surface area contributed by atoms with Crippen molar-refractivity contribution in [3.05, 3.63) is 40.2 Å². The van der Waals surface area contributed by atoms with E-state index in [4.69, 9.17) is 8.22 Å². The molecule has 2 aromatic rings. The second-order valence-electron chi connectivity index (χ2n) is 3.49. The molecule has 0 N–H and O–H groups in total. The summed E-state index contributed by atoms with van der Waals surface area (Å²) in [5, 5.41) is -0.484. The Kier molecular flexibility index (Phi) is 1.53. The van der Waals surface area contributed by atoms with Crippen LogP contribution in [0.15, 0.2) is 33.5 Å². The Bertz CT molecular complexity index is 811. The van der Waals surface area contributed by atoms with Gasteiger partial charge in [-0.2, -0.15) is 13.2 Å². The van der Waals surface area contributed by atoms with Gasteiger partial charge in [0.05, 0.1) is 5.56 Å². The SMILES string of the molecule is [2H]C([2H])([2H])N(c1ccc2c(C(F)(F)F)cc(=O)oc2c1)C([2H])([2H])[2H]. The van der Waals surface area contributed by atoms with E-state index in [2.05, 4.69) is 4.42 Å². The summed E-state index contributed by atoms with van der Waals surface area (Å²) >= 11 is 0. The fourth-order valence-electron chi connectivity index (χ4n) is 1.53. The van der Waals surface area contributed by atoms with Gasteiger partial charge in [-0.1, -0.05) is 0 Å². The maximum atomic E-state index is 13.0. The second-order valence-corrected chi connectivity index (χ2v) is 3.49. The van der Waals surface area contributed by atoms with E-state index in [1.807, 2.05) is 0 Å². The lowest BCUT2D eigenvalue weighted by molar-refractivity contribution is -0.136. The molecular weight excluding hydrogens is 247 g/mol. The van der Waals surface area contributed by atoms with Gasteiger partial charge in [-0.3, -0.25) is 0 Å². The fraction of sp³-hybridized carbons (Fsp3) is 0.250. The molecule has 0 radical (unpaired) electrons. The van der Waals surface area contributed by atoms with Gasteiger partial charge in [-0.25, -0.2) is 4.79 Å². The minimum Gasteiger partial charge on any atom is -0.423 e. The smallest absolute Gasteiger partial charge is 0.417 e. The molecule has 0 atom stereocenters. The van der Waals surface area contributed by atoms with Gasteiger partial charge in [0.1, 0.15) is 5.58 Å². The van der Waals surface area contributed by atoms with Gasteiger partial charge >= 0.3 is 11.8 Å². The van der Waals surface area contributed by atoms with Crippen LogP contribution in [0.25, 0.3) is 11.0 Å². The van der Waals surface area contributed by atoms with Crippen molar-refractivity contribution in [3.8, 4) is 0 Å². The van der Waals surface area contributed by atoms with Crippen molar-refractivity contribution in [1.82, 2.24) is 0 Å². The van der Waals surface area contributed by atoms with Crippen molar-refractivity contribution in [2.24, 2.45) is 0 Å². The highest BCUT2D eigenvalue weighted by Gasteiger charge is 2.33. The number of benzene rings is 1. The molecule has 0 saturated carbocycles. The van der Waals surface area contributed by atoms with Gasteiger partial charge in [-0.15, -0.1) is 0 Å². The molecule has 1 heterocycles. The first-order valence-electron chi connectivity index (χ1n) is 7.67. The third-order valence-corrected chi connectivity index (χ3v) is 2.29. The molecule has 6 heteroatoms. The summed E-state index contributed by atoms with van der Waals surface area (Å²) < 4.78 is 87.4. The lowest BCUT2D eigenvalue weighted by Gasteiger charge is -2.14. The summed E-state index contributed by atoms with van der Waals surface area (Å²) in [5.41, 5.74) is -3.54. The summed E-state index contributed by atoms with van der Waals surface area (Å²) in [6.07, 6.45) is -4.83. The van der Waals surface area contributed by atoms with Gasteiger partial charge in [0.25, 0.3) is 0 Å². The minimum absolute atomic E-state index is 0.0830. The summed E-state index contributed by atoms with van der Waals surface area (Å²) in [6.45, 7) is -6.16. The van der Waals surface area contributed by atoms with E-state index in [1.54, 1.807) is 0 Å². The highest BCUT2D eigenvalue weighted by molar-refractivity contribution is 5.84. The predicted molar refractivity (Wildman–Crippen MR) is 61.8 cm³/mol. The molecule has 1 aromatic heterocycles. The number of alkyl halides is 3. The number of anilines is 1. The molecule has 0 spiro atoms.